The summed E-state index contributed by atoms with van der Waals surface area (Å²) < 4.78 is 14.4. The molecule has 2 N–H and O–H groups in total. The SMILES string of the molecule is O=C(NNC(=O)C1(c2cccc(Br)c2)CC1)c1ccccc1F. The van der Waals surface area contributed by atoms with Gasteiger partial charge < -0.3 is 0 Å². The molecule has 0 aliphatic heterocycles. The van der Waals surface area contributed by atoms with E-state index in [-0.39, 0.29) is 11.5 Å². The second-order valence-corrected chi connectivity index (χ2v) is 6.40. The van der Waals surface area contributed by atoms with Gasteiger partial charge in [0, 0.05) is 4.47 Å². The Morgan fingerprint density at radius 1 is 1.04 bits per heavy atom. The molecule has 23 heavy (non-hydrogen) atoms. The molecule has 0 saturated heterocycles. The minimum absolute atomic E-state index is 0.111. The number of benzene rings is 2. The van der Waals surface area contributed by atoms with Crippen molar-refractivity contribution >= 4 is 27.7 Å². The van der Waals surface area contributed by atoms with Gasteiger partial charge in [0.25, 0.3) is 5.91 Å². The Morgan fingerprint density at radius 2 is 1.78 bits per heavy atom. The first-order valence-corrected chi connectivity index (χ1v) is 7.94. The maximum absolute atomic E-state index is 13.5. The molecule has 1 fully saturated rings. The summed E-state index contributed by atoms with van der Waals surface area (Å²) >= 11 is 3.39. The second kappa shape index (κ2) is 6.12. The van der Waals surface area contributed by atoms with Gasteiger partial charge in [-0.25, -0.2) is 4.39 Å². The van der Waals surface area contributed by atoms with E-state index in [1.165, 1.54) is 18.2 Å². The molecule has 2 aromatic rings. The maximum atomic E-state index is 13.5. The Hall–Kier alpha value is -2.21. The van der Waals surface area contributed by atoms with Gasteiger partial charge in [-0.3, -0.25) is 20.4 Å². The first kappa shape index (κ1) is 15.7. The van der Waals surface area contributed by atoms with Gasteiger partial charge in [0.2, 0.25) is 5.91 Å². The van der Waals surface area contributed by atoms with Gasteiger partial charge in [-0.15, -0.1) is 0 Å². The molecule has 0 bridgehead atoms. The third kappa shape index (κ3) is 3.12. The lowest BCUT2D eigenvalue weighted by atomic mass is 9.95. The van der Waals surface area contributed by atoms with Gasteiger partial charge in [-0.2, -0.15) is 0 Å². The zero-order chi connectivity index (χ0) is 16.4. The minimum Gasteiger partial charge on any atom is -0.272 e. The highest BCUT2D eigenvalue weighted by atomic mass is 79.9. The van der Waals surface area contributed by atoms with E-state index in [1.54, 1.807) is 6.07 Å². The fourth-order valence-corrected chi connectivity index (χ4v) is 2.90. The van der Waals surface area contributed by atoms with Gasteiger partial charge in [-0.05, 0) is 42.7 Å². The molecular formula is C17H14BrFN2O2. The molecule has 2 aromatic carbocycles. The number of hydrogen-bond donors (Lipinski definition) is 2. The van der Waals surface area contributed by atoms with Gasteiger partial charge in [0.15, 0.2) is 0 Å². The van der Waals surface area contributed by atoms with Crippen molar-refractivity contribution in [2.24, 2.45) is 0 Å². The Kier molecular flexibility index (Phi) is 4.17. The number of rotatable bonds is 3. The van der Waals surface area contributed by atoms with Crippen LogP contribution in [0.25, 0.3) is 0 Å². The lowest BCUT2D eigenvalue weighted by Crippen LogP contribution is -2.46. The summed E-state index contributed by atoms with van der Waals surface area (Å²) in [4.78, 5) is 24.4. The molecule has 0 spiro atoms. The van der Waals surface area contributed by atoms with Crippen molar-refractivity contribution in [3.63, 3.8) is 0 Å². The summed E-state index contributed by atoms with van der Waals surface area (Å²) in [5.74, 6) is -1.60. The number of hydrogen-bond acceptors (Lipinski definition) is 2. The summed E-state index contributed by atoms with van der Waals surface area (Å²) in [5, 5.41) is 0. The maximum Gasteiger partial charge on any atom is 0.272 e. The lowest BCUT2D eigenvalue weighted by molar-refractivity contribution is -0.124. The standard InChI is InChI=1S/C17H14BrFN2O2/c18-12-5-3-4-11(10-12)17(8-9-17)16(23)21-20-15(22)13-6-1-2-7-14(13)19/h1-7,10H,8-9H2,(H,20,22)(H,21,23). The summed E-state index contributed by atoms with van der Waals surface area (Å²) in [5.41, 5.74) is 4.85. The summed E-state index contributed by atoms with van der Waals surface area (Å²) in [7, 11) is 0. The molecule has 0 atom stereocenters. The highest BCUT2D eigenvalue weighted by molar-refractivity contribution is 9.10. The smallest absolute Gasteiger partial charge is 0.272 e. The number of hydrazine groups is 1. The van der Waals surface area contributed by atoms with Gasteiger partial charge in [0.1, 0.15) is 5.82 Å². The zero-order valence-electron chi connectivity index (χ0n) is 12.1. The first-order valence-electron chi connectivity index (χ1n) is 7.14. The molecule has 2 amide bonds. The van der Waals surface area contributed by atoms with E-state index in [2.05, 4.69) is 26.8 Å². The third-order valence-corrected chi connectivity index (χ3v) is 4.46. The minimum atomic E-state index is -0.679. The summed E-state index contributed by atoms with van der Waals surface area (Å²) in [6.45, 7) is 0. The fraction of sp³-hybridized carbons (Fsp3) is 0.176. The Morgan fingerprint density at radius 3 is 2.43 bits per heavy atom. The van der Waals surface area contributed by atoms with E-state index in [9.17, 15) is 14.0 Å². The highest BCUT2D eigenvalue weighted by Crippen LogP contribution is 2.48. The zero-order valence-corrected chi connectivity index (χ0v) is 13.7. The van der Waals surface area contributed by atoms with Gasteiger partial charge in [0.05, 0.1) is 11.0 Å². The molecule has 6 heteroatoms. The van der Waals surface area contributed by atoms with Crippen LogP contribution in [0.1, 0.15) is 28.8 Å². The molecule has 1 saturated carbocycles. The van der Waals surface area contributed by atoms with E-state index in [0.29, 0.717) is 12.8 Å². The van der Waals surface area contributed by atoms with Crippen LogP contribution in [0.15, 0.2) is 53.0 Å². The largest absolute Gasteiger partial charge is 0.272 e. The topological polar surface area (TPSA) is 58.2 Å². The highest BCUT2D eigenvalue weighted by Gasteiger charge is 2.51. The number of carbonyl (C=O) groups excluding carboxylic acids is 2. The third-order valence-electron chi connectivity index (χ3n) is 3.97. The van der Waals surface area contributed by atoms with Crippen LogP contribution < -0.4 is 10.9 Å². The molecule has 1 aliphatic carbocycles. The van der Waals surface area contributed by atoms with E-state index < -0.39 is 17.1 Å². The van der Waals surface area contributed by atoms with Gasteiger partial charge in [-0.1, -0.05) is 40.2 Å². The molecule has 1 aliphatic rings. The van der Waals surface area contributed by atoms with Crippen LogP contribution in [0.4, 0.5) is 4.39 Å². The van der Waals surface area contributed by atoms with Crippen LogP contribution in [0.2, 0.25) is 0 Å². The number of carbonyl (C=O) groups is 2. The molecular weight excluding hydrogens is 363 g/mol. The molecule has 0 unspecified atom stereocenters. The molecule has 3 rings (SSSR count). The van der Waals surface area contributed by atoms with Crippen LogP contribution >= 0.6 is 15.9 Å². The number of halogens is 2. The summed E-state index contributed by atoms with van der Waals surface area (Å²) in [6.07, 6.45) is 1.43. The van der Waals surface area contributed by atoms with E-state index in [0.717, 1.165) is 10.0 Å². The van der Waals surface area contributed by atoms with Crippen molar-refractivity contribution in [2.75, 3.05) is 0 Å². The Balaban J connectivity index is 1.68. The number of nitrogens with one attached hydrogen (secondary N) is 2. The van der Waals surface area contributed by atoms with Crippen molar-refractivity contribution in [1.29, 1.82) is 0 Å². The van der Waals surface area contributed by atoms with E-state index in [1.807, 2.05) is 24.3 Å². The van der Waals surface area contributed by atoms with Crippen LogP contribution in [-0.4, -0.2) is 11.8 Å². The second-order valence-electron chi connectivity index (χ2n) is 5.48. The van der Waals surface area contributed by atoms with Crippen LogP contribution in [0, 0.1) is 5.82 Å². The average molecular weight is 377 g/mol. The van der Waals surface area contributed by atoms with Crippen molar-refractivity contribution in [3.8, 4) is 0 Å². The first-order chi connectivity index (χ1) is 11.0. The normalized spacial score (nSPS) is 14.9. The Labute approximate surface area is 141 Å². The molecule has 0 heterocycles. The van der Waals surface area contributed by atoms with Crippen LogP contribution in [0.3, 0.4) is 0 Å². The fourth-order valence-electron chi connectivity index (χ4n) is 2.50. The van der Waals surface area contributed by atoms with Crippen molar-refractivity contribution in [2.45, 2.75) is 18.3 Å². The van der Waals surface area contributed by atoms with E-state index in [4.69, 9.17) is 0 Å². The van der Waals surface area contributed by atoms with Crippen LogP contribution in [-0.2, 0) is 10.2 Å². The predicted octanol–water partition coefficient (Wildman–Crippen LogP) is 3.08. The molecule has 118 valence electrons. The monoisotopic (exact) mass is 376 g/mol. The van der Waals surface area contributed by atoms with Crippen LogP contribution in [0.5, 0.6) is 0 Å². The summed E-state index contributed by atoms with van der Waals surface area (Å²) in [6, 6.07) is 13.1. The number of amides is 2. The molecule has 0 radical (unpaired) electrons. The molecule has 4 nitrogen and oxygen atoms in total. The van der Waals surface area contributed by atoms with Gasteiger partial charge >= 0.3 is 0 Å². The Bertz CT molecular complexity index is 775. The van der Waals surface area contributed by atoms with E-state index >= 15 is 0 Å². The van der Waals surface area contributed by atoms with Crippen molar-refractivity contribution < 1.29 is 14.0 Å². The molecule has 0 aromatic heterocycles. The lowest BCUT2D eigenvalue weighted by Gasteiger charge is -2.16. The quantitative estimate of drug-likeness (QED) is 0.808. The predicted molar refractivity (Wildman–Crippen MR) is 87.1 cm³/mol. The average Bonchev–Trinajstić information content (AvgIpc) is 3.34. The van der Waals surface area contributed by atoms with Crippen molar-refractivity contribution in [1.82, 2.24) is 10.9 Å². The van der Waals surface area contributed by atoms with Crippen molar-refractivity contribution in [3.05, 3.63) is 69.9 Å².